The fourth-order valence-electron chi connectivity index (χ4n) is 2.29. The van der Waals surface area contributed by atoms with Gasteiger partial charge < -0.3 is 14.8 Å². The number of terminal acetylenes is 1. The van der Waals surface area contributed by atoms with Crippen LogP contribution in [-0.4, -0.2) is 26.4 Å². The molecule has 1 aliphatic heterocycles. The van der Waals surface area contributed by atoms with Crippen LogP contribution in [0.5, 0.6) is 5.75 Å². The highest BCUT2D eigenvalue weighted by Gasteiger charge is 2.14. The third-order valence-electron chi connectivity index (χ3n) is 3.40. The molecular weight excluding hydrogens is 318 g/mol. The zero-order valence-electron chi connectivity index (χ0n) is 11.5. The van der Waals surface area contributed by atoms with Crippen LogP contribution in [-0.2, 0) is 11.3 Å². The van der Waals surface area contributed by atoms with Crippen molar-refractivity contribution in [1.29, 1.82) is 0 Å². The summed E-state index contributed by atoms with van der Waals surface area (Å²) in [5.41, 5.74) is 1.12. The summed E-state index contributed by atoms with van der Waals surface area (Å²) in [5, 5.41) is 3.46. The predicted octanol–water partition coefficient (Wildman–Crippen LogP) is 2.98. The van der Waals surface area contributed by atoms with Gasteiger partial charge in [0.05, 0.1) is 0 Å². The first-order valence-corrected chi connectivity index (χ1v) is 7.72. The number of ether oxygens (including phenoxy) is 2. The normalized spacial score (nSPS) is 17.9. The minimum absolute atomic E-state index is 0.300. The maximum atomic E-state index is 5.55. The van der Waals surface area contributed by atoms with Crippen LogP contribution in [0.4, 0.5) is 0 Å². The minimum Gasteiger partial charge on any atom is -0.481 e. The molecule has 1 fully saturated rings. The Kier molecular flexibility index (Phi) is 6.38. The van der Waals surface area contributed by atoms with Gasteiger partial charge in [-0.25, -0.2) is 0 Å². The molecule has 1 heterocycles. The zero-order chi connectivity index (χ0) is 14.2. The van der Waals surface area contributed by atoms with E-state index in [0.717, 1.165) is 48.5 Å². The summed E-state index contributed by atoms with van der Waals surface area (Å²) in [4.78, 5) is 0. The molecule has 108 valence electrons. The SMILES string of the molecule is C#CCOc1ccc(Br)cc1CNCCC1CCOC1. The van der Waals surface area contributed by atoms with Crippen LogP contribution in [0, 0.1) is 18.3 Å². The Morgan fingerprint density at radius 3 is 3.15 bits per heavy atom. The molecule has 1 aliphatic rings. The second-order valence-corrected chi connectivity index (χ2v) is 5.86. The molecule has 4 heteroatoms. The van der Waals surface area contributed by atoms with Crippen LogP contribution in [0.25, 0.3) is 0 Å². The standard InChI is InChI=1S/C16H20BrNO2/c1-2-8-20-16-4-3-15(17)10-14(16)11-18-7-5-13-6-9-19-12-13/h1,3-4,10,13,18H,5-9,11-12H2. The monoisotopic (exact) mass is 337 g/mol. The van der Waals surface area contributed by atoms with E-state index in [1.54, 1.807) is 0 Å². The lowest BCUT2D eigenvalue weighted by atomic mass is 10.1. The molecule has 0 aliphatic carbocycles. The van der Waals surface area contributed by atoms with Gasteiger partial charge in [-0.05, 0) is 43.5 Å². The summed E-state index contributed by atoms with van der Waals surface area (Å²) in [6.07, 6.45) is 7.59. The summed E-state index contributed by atoms with van der Waals surface area (Å²) < 4.78 is 12.0. The van der Waals surface area contributed by atoms with E-state index in [2.05, 4.69) is 33.2 Å². The number of halogens is 1. The lowest BCUT2D eigenvalue weighted by Crippen LogP contribution is -2.18. The maximum Gasteiger partial charge on any atom is 0.148 e. The third-order valence-corrected chi connectivity index (χ3v) is 3.90. The van der Waals surface area contributed by atoms with E-state index in [-0.39, 0.29) is 0 Å². The summed E-state index contributed by atoms with van der Waals surface area (Å²) in [6.45, 7) is 3.91. The van der Waals surface area contributed by atoms with Crippen molar-refractivity contribution in [2.24, 2.45) is 5.92 Å². The summed E-state index contributed by atoms with van der Waals surface area (Å²) >= 11 is 3.49. The minimum atomic E-state index is 0.300. The van der Waals surface area contributed by atoms with Gasteiger partial charge >= 0.3 is 0 Å². The van der Waals surface area contributed by atoms with Gasteiger partial charge in [0.15, 0.2) is 0 Å². The number of nitrogens with one attached hydrogen (secondary N) is 1. The molecule has 1 unspecified atom stereocenters. The quantitative estimate of drug-likeness (QED) is 0.612. The Bertz CT molecular complexity index is 464. The lowest BCUT2D eigenvalue weighted by Gasteiger charge is -2.12. The van der Waals surface area contributed by atoms with E-state index in [1.165, 1.54) is 6.42 Å². The zero-order valence-corrected chi connectivity index (χ0v) is 13.1. The number of benzene rings is 1. The van der Waals surface area contributed by atoms with Crippen molar-refractivity contribution in [2.75, 3.05) is 26.4 Å². The van der Waals surface area contributed by atoms with Crippen molar-refractivity contribution in [3.8, 4) is 18.1 Å². The fraction of sp³-hybridized carbons (Fsp3) is 0.500. The highest BCUT2D eigenvalue weighted by Crippen LogP contribution is 2.23. The van der Waals surface area contributed by atoms with E-state index in [1.807, 2.05) is 12.1 Å². The van der Waals surface area contributed by atoms with Crippen molar-refractivity contribution >= 4 is 15.9 Å². The second kappa shape index (κ2) is 8.31. The van der Waals surface area contributed by atoms with Crippen molar-refractivity contribution in [1.82, 2.24) is 5.32 Å². The molecule has 3 nitrogen and oxygen atoms in total. The molecule has 1 aromatic carbocycles. The fourth-order valence-corrected chi connectivity index (χ4v) is 2.70. The topological polar surface area (TPSA) is 30.5 Å². The van der Waals surface area contributed by atoms with Gasteiger partial charge in [-0.3, -0.25) is 0 Å². The molecule has 1 saturated heterocycles. The first-order valence-electron chi connectivity index (χ1n) is 6.92. The molecule has 0 amide bonds. The molecule has 20 heavy (non-hydrogen) atoms. The molecule has 1 atom stereocenters. The van der Waals surface area contributed by atoms with E-state index >= 15 is 0 Å². The largest absolute Gasteiger partial charge is 0.481 e. The van der Waals surface area contributed by atoms with E-state index in [0.29, 0.717) is 12.5 Å². The molecule has 2 rings (SSSR count). The molecule has 1 aromatic rings. The Hall–Kier alpha value is -1.02. The number of hydrogen-bond donors (Lipinski definition) is 1. The summed E-state index contributed by atoms with van der Waals surface area (Å²) in [7, 11) is 0. The van der Waals surface area contributed by atoms with Crippen molar-refractivity contribution < 1.29 is 9.47 Å². The third kappa shape index (κ3) is 4.82. The van der Waals surface area contributed by atoms with Gasteiger partial charge in [-0.2, -0.15) is 0 Å². The first kappa shape index (κ1) is 15.4. The van der Waals surface area contributed by atoms with Crippen LogP contribution in [0.2, 0.25) is 0 Å². The van der Waals surface area contributed by atoms with Crippen molar-refractivity contribution in [2.45, 2.75) is 19.4 Å². The van der Waals surface area contributed by atoms with Crippen molar-refractivity contribution in [3.05, 3.63) is 28.2 Å². The van der Waals surface area contributed by atoms with Gasteiger partial charge in [0.1, 0.15) is 12.4 Å². The van der Waals surface area contributed by atoms with E-state index < -0.39 is 0 Å². The number of rotatable bonds is 7. The second-order valence-electron chi connectivity index (χ2n) is 4.94. The molecule has 0 bridgehead atoms. The molecule has 1 N–H and O–H groups in total. The average molecular weight is 338 g/mol. The van der Waals surface area contributed by atoms with E-state index in [9.17, 15) is 0 Å². The maximum absolute atomic E-state index is 5.55. The van der Waals surface area contributed by atoms with Crippen LogP contribution in [0.3, 0.4) is 0 Å². The highest BCUT2D eigenvalue weighted by atomic mass is 79.9. The predicted molar refractivity (Wildman–Crippen MR) is 83.7 cm³/mol. The molecular formula is C16H20BrNO2. The number of hydrogen-bond acceptors (Lipinski definition) is 3. The van der Waals surface area contributed by atoms with Gasteiger partial charge in [-0.1, -0.05) is 21.9 Å². The molecule has 0 aromatic heterocycles. The van der Waals surface area contributed by atoms with Crippen LogP contribution in [0.15, 0.2) is 22.7 Å². The lowest BCUT2D eigenvalue weighted by molar-refractivity contribution is 0.184. The first-order chi connectivity index (χ1) is 9.79. The van der Waals surface area contributed by atoms with E-state index in [4.69, 9.17) is 15.9 Å². The molecule has 0 radical (unpaired) electrons. The summed E-state index contributed by atoms with van der Waals surface area (Å²) in [5.74, 6) is 4.05. The Balaban J connectivity index is 1.81. The molecule has 0 saturated carbocycles. The van der Waals surface area contributed by atoms with Gasteiger partial charge in [-0.15, -0.1) is 6.42 Å². The van der Waals surface area contributed by atoms with Gasteiger partial charge in [0, 0.05) is 29.8 Å². The Morgan fingerprint density at radius 2 is 2.40 bits per heavy atom. The molecule has 0 spiro atoms. The van der Waals surface area contributed by atoms with Crippen molar-refractivity contribution in [3.63, 3.8) is 0 Å². The van der Waals surface area contributed by atoms with Crippen LogP contribution >= 0.6 is 15.9 Å². The summed E-state index contributed by atoms with van der Waals surface area (Å²) in [6, 6.07) is 5.98. The Morgan fingerprint density at radius 1 is 1.50 bits per heavy atom. The smallest absolute Gasteiger partial charge is 0.148 e. The van der Waals surface area contributed by atoms with Crippen LogP contribution < -0.4 is 10.1 Å². The Labute approximate surface area is 129 Å². The average Bonchev–Trinajstić information content (AvgIpc) is 2.96. The highest BCUT2D eigenvalue weighted by molar-refractivity contribution is 9.10. The van der Waals surface area contributed by atoms with Gasteiger partial charge in [0.2, 0.25) is 0 Å². The van der Waals surface area contributed by atoms with Crippen LogP contribution in [0.1, 0.15) is 18.4 Å². The van der Waals surface area contributed by atoms with Gasteiger partial charge in [0.25, 0.3) is 0 Å².